The Balaban J connectivity index is 1.98. The second-order valence-electron chi connectivity index (χ2n) is 5.12. The molecule has 0 radical (unpaired) electrons. The summed E-state index contributed by atoms with van der Waals surface area (Å²) in [5, 5.41) is 10.0. The Morgan fingerprint density at radius 3 is 2.81 bits per heavy atom. The molecule has 0 bridgehead atoms. The molecule has 0 saturated heterocycles. The molecule has 1 aromatic rings. The van der Waals surface area contributed by atoms with Crippen molar-refractivity contribution >= 4 is 0 Å². The first kappa shape index (κ1) is 11.3. The van der Waals surface area contributed by atoms with Crippen molar-refractivity contribution in [3.05, 3.63) is 18.1 Å². The molecule has 2 unspecified atom stereocenters. The second-order valence-corrected chi connectivity index (χ2v) is 5.12. The van der Waals surface area contributed by atoms with Gasteiger partial charge in [-0.3, -0.25) is 0 Å². The summed E-state index contributed by atoms with van der Waals surface area (Å²) in [4.78, 5) is 8.07. The summed E-state index contributed by atoms with van der Waals surface area (Å²) in [5.41, 5.74) is 1.12. The Labute approximate surface area is 95.7 Å². The van der Waals surface area contributed by atoms with E-state index in [0.29, 0.717) is 18.2 Å². The maximum Gasteiger partial charge on any atom is 0.216 e. The molecule has 0 amide bonds. The monoisotopic (exact) mass is 222 g/mol. The average Bonchev–Trinajstić information content (AvgIpc) is 2.88. The molecule has 0 spiro atoms. The van der Waals surface area contributed by atoms with Crippen LogP contribution in [0.3, 0.4) is 0 Å². The van der Waals surface area contributed by atoms with Gasteiger partial charge < -0.3 is 9.84 Å². The first-order chi connectivity index (χ1) is 7.53. The maximum atomic E-state index is 10.0. The van der Waals surface area contributed by atoms with Crippen LogP contribution in [-0.4, -0.2) is 28.3 Å². The molecular formula is C12H18N2O2. The van der Waals surface area contributed by atoms with E-state index < -0.39 is 0 Å². The standard InChI is InChI=1S/C12H18N2O2/c1-12(2)6-9(12)10(15)4-8-5-11(16-3)14-7-13-8/h5,7,9-10,15H,4,6H2,1-3H3. The fraction of sp³-hybridized carbons (Fsp3) is 0.667. The van der Waals surface area contributed by atoms with Crippen LogP contribution in [0.1, 0.15) is 26.0 Å². The normalized spacial score (nSPS) is 23.9. The molecule has 0 aliphatic heterocycles. The number of hydrogen-bond donors (Lipinski definition) is 1. The van der Waals surface area contributed by atoms with Crippen LogP contribution in [0.5, 0.6) is 5.88 Å². The molecule has 1 fully saturated rings. The Hall–Kier alpha value is -1.16. The van der Waals surface area contributed by atoms with Gasteiger partial charge in [0.15, 0.2) is 0 Å². The number of ether oxygens (including phenoxy) is 1. The van der Waals surface area contributed by atoms with Crippen molar-refractivity contribution in [2.75, 3.05) is 7.11 Å². The van der Waals surface area contributed by atoms with E-state index in [9.17, 15) is 5.11 Å². The van der Waals surface area contributed by atoms with Crippen molar-refractivity contribution in [3.8, 4) is 5.88 Å². The van der Waals surface area contributed by atoms with E-state index in [-0.39, 0.29) is 11.5 Å². The Morgan fingerprint density at radius 1 is 1.56 bits per heavy atom. The number of aliphatic hydroxyl groups is 1. The summed E-state index contributed by atoms with van der Waals surface area (Å²) in [7, 11) is 1.58. The molecule has 2 rings (SSSR count). The topological polar surface area (TPSA) is 55.2 Å². The van der Waals surface area contributed by atoms with Gasteiger partial charge in [0.2, 0.25) is 5.88 Å². The largest absolute Gasteiger partial charge is 0.481 e. The summed E-state index contributed by atoms with van der Waals surface area (Å²) in [5.74, 6) is 0.945. The summed E-state index contributed by atoms with van der Waals surface area (Å²) in [6.07, 6.45) is 2.83. The average molecular weight is 222 g/mol. The molecule has 4 heteroatoms. The third-order valence-electron chi connectivity index (χ3n) is 3.38. The number of methoxy groups -OCH3 is 1. The molecule has 1 aliphatic rings. The van der Waals surface area contributed by atoms with Gasteiger partial charge in [-0.25, -0.2) is 9.97 Å². The zero-order valence-corrected chi connectivity index (χ0v) is 9.97. The van der Waals surface area contributed by atoms with Gasteiger partial charge in [-0.05, 0) is 17.8 Å². The zero-order valence-electron chi connectivity index (χ0n) is 9.97. The van der Waals surface area contributed by atoms with Gasteiger partial charge in [0, 0.05) is 12.5 Å². The van der Waals surface area contributed by atoms with Crippen molar-refractivity contribution in [2.24, 2.45) is 11.3 Å². The highest BCUT2D eigenvalue weighted by molar-refractivity contribution is 5.15. The van der Waals surface area contributed by atoms with Crippen molar-refractivity contribution in [1.29, 1.82) is 0 Å². The van der Waals surface area contributed by atoms with Crippen LogP contribution in [0.25, 0.3) is 0 Å². The van der Waals surface area contributed by atoms with Crippen LogP contribution in [0, 0.1) is 11.3 Å². The maximum absolute atomic E-state index is 10.0. The van der Waals surface area contributed by atoms with E-state index in [1.807, 2.05) is 0 Å². The molecular weight excluding hydrogens is 204 g/mol. The molecule has 1 aromatic heterocycles. The molecule has 1 N–H and O–H groups in total. The fourth-order valence-corrected chi connectivity index (χ4v) is 2.12. The van der Waals surface area contributed by atoms with Crippen LogP contribution in [-0.2, 0) is 6.42 Å². The number of aromatic nitrogens is 2. The molecule has 16 heavy (non-hydrogen) atoms. The Morgan fingerprint density at radius 2 is 2.25 bits per heavy atom. The number of aliphatic hydroxyl groups excluding tert-OH is 1. The molecule has 1 aliphatic carbocycles. The predicted molar refractivity (Wildman–Crippen MR) is 60.2 cm³/mol. The van der Waals surface area contributed by atoms with Crippen LogP contribution in [0.2, 0.25) is 0 Å². The number of nitrogens with zero attached hydrogens (tertiary/aromatic N) is 2. The van der Waals surface area contributed by atoms with E-state index in [0.717, 1.165) is 12.1 Å². The lowest BCUT2D eigenvalue weighted by molar-refractivity contribution is 0.135. The SMILES string of the molecule is COc1cc(CC(O)C2CC2(C)C)ncn1. The smallest absolute Gasteiger partial charge is 0.216 e. The highest BCUT2D eigenvalue weighted by Gasteiger charge is 2.49. The van der Waals surface area contributed by atoms with E-state index >= 15 is 0 Å². The Bertz CT molecular complexity index is 379. The van der Waals surface area contributed by atoms with Crippen molar-refractivity contribution in [3.63, 3.8) is 0 Å². The lowest BCUT2D eigenvalue weighted by Crippen LogP contribution is -2.17. The molecule has 1 heterocycles. The molecule has 2 atom stereocenters. The van der Waals surface area contributed by atoms with Gasteiger partial charge in [0.25, 0.3) is 0 Å². The van der Waals surface area contributed by atoms with E-state index in [1.54, 1.807) is 13.2 Å². The Kier molecular flexibility index (Phi) is 2.84. The van der Waals surface area contributed by atoms with E-state index in [4.69, 9.17) is 4.74 Å². The molecule has 4 nitrogen and oxygen atoms in total. The third-order valence-corrected chi connectivity index (χ3v) is 3.38. The van der Waals surface area contributed by atoms with E-state index in [1.165, 1.54) is 6.33 Å². The van der Waals surface area contributed by atoms with Gasteiger partial charge in [-0.2, -0.15) is 0 Å². The minimum absolute atomic E-state index is 0.288. The zero-order chi connectivity index (χ0) is 11.8. The summed E-state index contributed by atoms with van der Waals surface area (Å²) in [6, 6.07) is 1.78. The van der Waals surface area contributed by atoms with Crippen LogP contribution >= 0.6 is 0 Å². The first-order valence-corrected chi connectivity index (χ1v) is 5.56. The van der Waals surface area contributed by atoms with Crippen LogP contribution in [0.4, 0.5) is 0 Å². The van der Waals surface area contributed by atoms with Gasteiger partial charge in [-0.15, -0.1) is 0 Å². The molecule has 88 valence electrons. The number of rotatable bonds is 4. The minimum Gasteiger partial charge on any atom is -0.481 e. The molecule has 0 aromatic carbocycles. The van der Waals surface area contributed by atoms with Gasteiger partial charge in [-0.1, -0.05) is 13.8 Å². The van der Waals surface area contributed by atoms with Crippen molar-refractivity contribution < 1.29 is 9.84 Å². The lowest BCUT2D eigenvalue weighted by Gasteiger charge is -2.11. The predicted octanol–water partition coefficient (Wildman–Crippen LogP) is 1.43. The summed E-state index contributed by atoms with van der Waals surface area (Å²) >= 11 is 0. The second kappa shape index (κ2) is 4.01. The van der Waals surface area contributed by atoms with Crippen molar-refractivity contribution in [1.82, 2.24) is 9.97 Å². The van der Waals surface area contributed by atoms with E-state index in [2.05, 4.69) is 23.8 Å². The quantitative estimate of drug-likeness (QED) is 0.837. The van der Waals surface area contributed by atoms with Crippen LogP contribution < -0.4 is 4.74 Å². The summed E-state index contributed by atoms with van der Waals surface area (Å²) < 4.78 is 5.02. The van der Waals surface area contributed by atoms with Gasteiger partial charge in [0.1, 0.15) is 6.33 Å². The molecule has 1 saturated carbocycles. The summed E-state index contributed by atoms with van der Waals surface area (Å²) in [6.45, 7) is 4.36. The third kappa shape index (κ3) is 2.32. The fourth-order valence-electron chi connectivity index (χ4n) is 2.12. The van der Waals surface area contributed by atoms with Gasteiger partial charge in [0.05, 0.1) is 18.9 Å². The highest BCUT2D eigenvalue weighted by atomic mass is 16.5. The van der Waals surface area contributed by atoms with Crippen molar-refractivity contribution in [2.45, 2.75) is 32.8 Å². The first-order valence-electron chi connectivity index (χ1n) is 5.56. The van der Waals surface area contributed by atoms with Gasteiger partial charge >= 0.3 is 0 Å². The lowest BCUT2D eigenvalue weighted by atomic mass is 10.0. The highest BCUT2D eigenvalue weighted by Crippen LogP contribution is 2.53. The number of hydrogen-bond acceptors (Lipinski definition) is 4. The van der Waals surface area contributed by atoms with Crippen LogP contribution in [0.15, 0.2) is 12.4 Å². The minimum atomic E-state index is -0.311.